The van der Waals surface area contributed by atoms with Gasteiger partial charge in [-0.3, -0.25) is 19.2 Å². The Kier molecular flexibility index (Phi) is 15.7. The summed E-state index contributed by atoms with van der Waals surface area (Å²) in [7, 11) is 4.79. The number of esters is 1. The standard InChI is InChI=1S/C53H59N7O11/c1-6-24-70-53(66)60-42-30-45(33(2)27-40(42)50(64)59-23-9-7-12-41(59)51(60)71-47-14-8-10-25-69-47)68-26-11-13-46(61)54-39-29-44(58(4)32-39)49(63)56-37-19-15-34(16-20-37)36-28-43(57(3)31-36)48(62)55-38-21-17-35(18-22-38)52(65)67-5/h6,15-22,27-32,41,47,51H,1,7-14,23-26H2,2-5H3,(H,54,61)(H,55,62)(H,56,63)/t41-,47?,51?/m0/s1. The van der Waals surface area contributed by atoms with Crippen molar-refractivity contribution < 1.29 is 52.5 Å². The van der Waals surface area contributed by atoms with Crippen molar-refractivity contribution >= 4 is 58.4 Å². The molecule has 0 spiro atoms. The van der Waals surface area contributed by atoms with Crippen LogP contribution < -0.4 is 25.6 Å². The van der Waals surface area contributed by atoms with Crippen molar-refractivity contribution in [1.29, 1.82) is 0 Å². The van der Waals surface area contributed by atoms with Crippen molar-refractivity contribution in [3.8, 4) is 16.9 Å². The minimum atomic E-state index is -0.871. The number of hydrogen-bond donors (Lipinski definition) is 3. The van der Waals surface area contributed by atoms with E-state index in [9.17, 15) is 28.8 Å². The molecule has 0 saturated carbocycles. The first-order valence-corrected chi connectivity index (χ1v) is 23.8. The van der Waals surface area contributed by atoms with Gasteiger partial charge in [0.1, 0.15) is 23.7 Å². The molecule has 18 heteroatoms. The lowest BCUT2D eigenvalue weighted by Crippen LogP contribution is -2.57. The maximum absolute atomic E-state index is 14.2. The van der Waals surface area contributed by atoms with Gasteiger partial charge in [-0.05, 0) is 118 Å². The number of aromatic nitrogens is 2. The van der Waals surface area contributed by atoms with Crippen LogP contribution in [0.5, 0.6) is 5.75 Å². The average molecular weight is 970 g/mol. The van der Waals surface area contributed by atoms with Crippen molar-refractivity contribution in [2.75, 3.05) is 54.3 Å². The Bertz CT molecular complexity index is 2790. The molecule has 2 saturated heterocycles. The summed E-state index contributed by atoms with van der Waals surface area (Å²) >= 11 is 0. The Labute approximate surface area is 411 Å². The highest BCUT2D eigenvalue weighted by atomic mass is 16.7. The fourth-order valence-corrected chi connectivity index (χ4v) is 9.09. The van der Waals surface area contributed by atoms with E-state index < -0.39 is 30.6 Å². The van der Waals surface area contributed by atoms with Crippen molar-refractivity contribution in [2.45, 2.75) is 76.9 Å². The Balaban J connectivity index is 0.861. The highest BCUT2D eigenvalue weighted by molar-refractivity contribution is 6.07. The summed E-state index contributed by atoms with van der Waals surface area (Å²) in [4.78, 5) is 82.9. The number of anilines is 4. The van der Waals surface area contributed by atoms with Gasteiger partial charge in [-0.1, -0.05) is 24.8 Å². The number of amides is 5. The van der Waals surface area contributed by atoms with Crippen molar-refractivity contribution in [3.63, 3.8) is 0 Å². The number of fused-ring (bicyclic) bond motifs is 2. The molecule has 0 radical (unpaired) electrons. The number of benzene rings is 3. The van der Waals surface area contributed by atoms with Crippen LogP contribution in [0.1, 0.15) is 98.6 Å². The van der Waals surface area contributed by atoms with Gasteiger partial charge in [0, 0.05) is 69.1 Å². The topological polar surface area (TPSA) is 201 Å². The second kappa shape index (κ2) is 22.4. The summed E-state index contributed by atoms with van der Waals surface area (Å²) in [5.74, 6) is -1.21. The summed E-state index contributed by atoms with van der Waals surface area (Å²) < 4.78 is 32.5. The molecular weight excluding hydrogens is 911 g/mol. The molecule has 3 aliphatic heterocycles. The summed E-state index contributed by atoms with van der Waals surface area (Å²) in [6, 6.07) is 20.0. The molecule has 18 nitrogen and oxygen atoms in total. The minimum Gasteiger partial charge on any atom is -0.493 e. The predicted octanol–water partition coefficient (Wildman–Crippen LogP) is 8.43. The predicted molar refractivity (Wildman–Crippen MR) is 266 cm³/mol. The van der Waals surface area contributed by atoms with Gasteiger partial charge in [-0.25, -0.2) is 14.5 Å². The van der Waals surface area contributed by atoms with Crippen molar-refractivity contribution in [3.05, 3.63) is 126 Å². The van der Waals surface area contributed by atoms with Crippen LogP contribution in [0, 0.1) is 6.92 Å². The lowest BCUT2D eigenvalue weighted by molar-refractivity contribution is -0.198. The van der Waals surface area contributed by atoms with Crippen LogP contribution in [-0.2, 0) is 37.8 Å². The van der Waals surface area contributed by atoms with E-state index in [4.69, 9.17) is 23.7 Å². The lowest BCUT2D eigenvalue weighted by atomic mass is 10.00. The number of carbonyl (C=O) groups is 6. The molecule has 0 bridgehead atoms. The first-order chi connectivity index (χ1) is 34.3. The molecule has 5 aromatic rings. The molecule has 3 atom stereocenters. The summed E-state index contributed by atoms with van der Waals surface area (Å²) in [6.45, 7) is 6.73. The number of carbonyl (C=O) groups excluding carboxylic acids is 6. The Hall–Kier alpha value is -7.70. The number of methoxy groups -OCH3 is 1. The molecule has 3 aliphatic rings. The lowest BCUT2D eigenvalue weighted by Gasteiger charge is -2.42. The maximum atomic E-state index is 14.2. The summed E-state index contributed by atoms with van der Waals surface area (Å²) in [5, 5.41) is 8.62. The van der Waals surface area contributed by atoms with E-state index in [0.29, 0.717) is 89.0 Å². The smallest absolute Gasteiger partial charge is 0.416 e. The number of hydrogen-bond acceptors (Lipinski definition) is 11. The summed E-state index contributed by atoms with van der Waals surface area (Å²) in [6.07, 6.45) is 8.18. The molecule has 3 N–H and O–H groups in total. The Morgan fingerprint density at radius 1 is 0.803 bits per heavy atom. The van der Waals surface area contributed by atoms with E-state index in [0.717, 1.165) is 36.8 Å². The number of nitrogens with one attached hydrogen (secondary N) is 3. The molecule has 372 valence electrons. The second-order valence-electron chi connectivity index (χ2n) is 17.8. The molecule has 0 aliphatic carbocycles. The van der Waals surface area contributed by atoms with E-state index >= 15 is 0 Å². The Morgan fingerprint density at radius 3 is 2.18 bits per heavy atom. The van der Waals surface area contributed by atoms with E-state index in [1.54, 1.807) is 90.1 Å². The van der Waals surface area contributed by atoms with E-state index in [1.165, 1.54) is 18.1 Å². The van der Waals surface area contributed by atoms with Crippen molar-refractivity contribution in [2.24, 2.45) is 14.1 Å². The fourth-order valence-electron chi connectivity index (χ4n) is 9.09. The number of rotatable bonds is 16. The quantitative estimate of drug-likeness (QED) is 0.0487. The molecule has 2 fully saturated rings. The fraction of sp³-hybridized carbons (Fsp3) is 0.358. The molecule has 2 unspecified atom stereocenters. The first-order valence-electron chi connectivity index (χ1n) is 23.8. The van der Waals surface area contributed by atoms with Crippen LogP contribution in [-0.4, -0.2) is 102 Å². The first kappa shape index (κ1) is 49.7. The van der Waals surface area contributed by atoms with Crippen LogP contribution >= 0.6 is 0 Å². The third-order valence-electron chi connectivity index (χ3n) is 12.7. The zero-order valence-corrected chi connectivity index (χ0v) is 40.4. The van der Waals surface area contributed by atoms with Crippen LogP contribution in [0.4, 0.5) is 27.5 Å². The molecule has 2 aromatic heterocycles. The molecular formula is C53H59N7O11. The molecule has 5 heterocycles. The van der Waals surface area contributed by atoms with Gasteiger partial charge in [0.15, 0.2) is 12.5 Å². The van der Waals surface area contributed by atoms with E-state index in [-0.39, 0.29) is 43.3 Å². The van der Waals surface area contributed by atoms with Gasteiger partial charge in [0.2, 0.25) is 5.91 Å². The third-order valence-corrected chi connectivity index (χ3v) is 12.7. The van der Waals surface area contributed by atoms with Crippen LogP contribution in [0.2, 0.25) is 0 Å². The molecule has 8 rings (SSSR count). The monoisotopic (exact) mass is 969 g/mol. The average Bonchev–Trinajstić information content (AvgIpc) is 3.93. The normalized spacial score (nSPS) is 17.5. The highest BCUT2D eigenvalue weighted by Gasteiger charge is 2.46. The summed E-state index contributed by atoms with van der Waals surface area (Å²) in [5.41, 5.74) is 5.59. The Morgan fingerprint density at radius 2 is 1.49 bits per heavy atom. The van der Waals surface area contributed by atoms with E-state index in [2.05, 4.69) is 22.5 Å². The zero-order valence-electron chi connectivity index (χ0n) is 40.4. The highest BCUT2D eigenvalue weighted by Crippen LogP contribution is 2.40. The van der Waals surface area contributed by atoms with Gasteiger partial charge in [-0.2, -0.15) is 0 Å². The SMILES string of the molecule is C=CCOC(=O)N1c2cc(OCCCC(=O)Nc3cc(C(=O)Nc4ccc(-c5cc(C(=O)Nc6ccc(C(=O)OC)cc6)n(C)c5)cc4)n(C)c3)c(C)cc2C(=O)N2CCCC[C@H]2C1OC1CCCCO1. The van der Waals surface area contributed by atoms with Crippen LogP contribution in [0.25, 0.3) is 11.1 Å². The number of piperidine rings is 1. The van der Waals surface area contributed by atoms with Crippen molar-refractivity contribution in [1.82, 2.24) is 14.0 Å². The molecule has 71 heavy (non-hydrogen) atoms. The zero-order chi connectivity index (χ0) is 50.2. The minimum absolute atomic E-state index is 0.0343. The third kappa shape index (κ3) is 11.5. The van der Waals surface area contributed by atoms with Gasteiger partial charge in [-0.15, -0.1) is 0 Å². The maximum Gasteiger partial charge on any atom is 0.416 e. The number of aryl methyl sites for hydroxylation is 3. The van der Waals surface area contributed by atoms with Gasteiger partial charge >= 0.3 is 12.1 Å². The van der Waals surface area contributed by atoms with Gasteiger partial charge in [0.05, 0.1) is 42.3 Å². The van der Waals surface area contributed by atoms with Crippen LogP contribution in [0.15, 0.2) is 97.8 Å². The van der Waals surface area contributed by atoms with Gasteiger partial charge < -0.3 is 53.7 Å². The molecule has 5 amide bonds. The number of nitrogens with zero attached hydrogens (tertiary/aromatic N) is 4. The van der Waals surface area contributed by atoms with E-state index in [1.807, 2.05) is 30.2 Å². The largest absolute Gasteiger partial charge is 0.493 e. The van der Waals surface area contributed by atoms with Crippen LogP contribution in [0.3, 0.4) is 0 Å². The molecule has 3 aromatic carbocycles. The van der Waals surface area contributed by atoms with Gasteiger partial charge in [0.25, 0.3) is 17.7 Å². The second-order valence-corrected chi connectivity index (χ2v) is 17.8. The number of ether oxygens (including phenoxy) is 5.